The van der Waals surface area contributed by atoms with Gasteiger partial charge in [-0.3, -0.25) is 4.79 Å². The Bertz CT molecular complexity index is 838. The van der Waals surface area contributed by atoms with Crippen LogP contribution in [-0.2, 0) is 21.2 Å². The summed E-state index contributed by atoms with van der Waals surface area (Å²) in [7, 11) is -1.84. The van der Waals surface area contributed by atoms with Crippen molar-refractivity contribution in [3.63, 3.8) is 0 Å². The van der Waals surface area contributed by atoms with Crippen molar-refractivity contribution in [3.8, 4) is 5.75 Å². The summed E-state index contributed by atoms with van der Waals surface area (Å²) in [5, 5.41) is 2.76. The summed E-state index contributed by atoms with van der Waals surface area (Å²) in [6, 6.07) is 17.0. The molecule has 0 radical (unpaired) electrons. The fourth-order valence-corrected chi connectivity index (χ4v) is 3.62. The van der Waals surface area contributed by atoms with Gasteiger partial charge in [0, 0.05) is 19.5 Å². The number of carbonyl (C=O) groups excluding carboxylic acids is 1. The first-order valence-corrected chi connectivity index (χ1v) is 10.7. The van der Waals surface area contributed by atoms with Crippen LogP contribution in [0.1, 0.15) is 18.4 Å². The Labute approximate surface area is 161 Å². The Morgan fingerprint density at radius 1 is 1.04 bits per heavy atom. The van der Waals surface area contributed by atoms with E-state index in [2.05, 4.69) is 5.32 Å². The number of carbonyl (C=O) groups is 1. The summed E-state index contributed by atoms with van der Waals surface area (Å²) >= 11 is 0. The molecule has 0 unspecified atom stereocenters. The second-order valence-electron chi connectivity index (χ2n) is 6.25. The fourth-order valence-electron chi connectivity index (χ4n) is 2.73. The minimum atomic E-state index is -3.37. The van der Waals surface area contributed by atoms with Crippen molar-refractivity contribution in [1.29, 1.82) is 0 Å². The number of benzene rings is 2. The largest absolute Gasteiger partial charge is 0.495 e. The SMILES string of the molecule is COc1ccccc1NC(=O)CCN(CCCc1ccccc1)S(C)(=O)=O. The average Bonchev–Trinajstić information content (AvgIpc) is 2.64. The summed E-state index contributed by atoms with van der Waals surface area (Å²) in [4.78, 5) is 12.2. The second kappa shape index (κ2) is 10.1. The summed E-state index contributed by atoms with van der Waals surface area (Å²) in [6.07, 6.45) is 2.75. The van der Waals surface area contributed by atoms with E-state index < -0.39 is 10.0 Å². The Balaban J connectivity index is 1.87. The number of nitrogens with one attached hydrogen (secondary N) is 1. The number of amides is 1. The molecule has 2 aromatic rings. The maximum absolute atomic E-state index is 12.2. The maximum atomic E-state index is 12.2. The van der Waals surface area contributed by atoms with Gasteiger partial charge >= 0.3 is 0 Å². The number of rotatable bonds is 10. The topological polar surface area (TPSA) is 75.7 Å². The molecule has 27 heavy (non-hydrogen) atoms. The minimum Gasteiger partial charge on any atom is -0.495 e. The van der Waals surface area contributed by atoms with Crippen molar-refractivity contribution in [2.45, 2.75) is 19.3 Å². The van der Waals surface area contributed by atoms with Gasteiger partial charge in [-0.05, 0) is 30.5 Å². The standard InChI is InChI=1S/C20H26N2O4S/c1-26-19-13-7-6-12-18(19)21-20(23)14-16-22(27(2,24)25)15-8-11-17-9-4-3-5-10-17/h3-7,9-10,12-13H,8,11,14-16H2,1-2H3,(H,21,23). The Kier molecular flexibility index (Phi) is 7.82. The predicted octanol–water partition coefficient (Wildman–Crippen LogP) is 2.92. The molecule has 2 rings (SSSR count). The first-order chi connectivity index (χ1) is 12.9. The van der Waals surface area contributed by atoms with Gasteiger partial charge in [0.1, 0.15) is 5.75 Å². The molecule has 0 aliphatic rings. The van der Waals surface area contributed by atoms with Crippen LogP contribution in [0.25, 0.3) is 0 Å². The third kappa shape index (κ3) is 7.03. The molecule has 0 atom stereocenters. The van der Waals surface area contributed by atoms with Crippen LogP contribution in [0.3, 0.4) is 0 Å². The molecule has 6 nitrogen and oxygen atoms in total. The second-order valence-corrected chi connectivity index (χ2v) is 8.23. The molecule has 1 amide bonds. The smallest absolute Gasteiger partial charge is 0.225 e. The molecule has 0 aromatic heterocycles. The number of nitrogens with zero attached hydrogens (tertiary/aromatic N) is 1. The van der Waals surface area contributed by atoms with Crippen molar-refractivity contribution in [1.82, 2.24) is 4.31 Å². The summed E-state index contributed by atoms with van der Waals surface area (Å²) in [6.45, 7) is 0.532. The maximum Gasteiger partial charge on any atom is 0.225 e. The number of para-hydroxylation sites is 2. The molecule has 1 N–H and O–H groups in total. The molecule has 0 fully saturated rings. The summed E-state index contributed by atoms with van der Waals surface area (Å²) in [5.74, 6) is 0.310. The lowest BCUT2D eigenvalue weighted by molar-refractivity contribution is -0.116. The molecular weight excluding hydrogens is 364 g/mol. The molecular formula is C20H26N2O4S. The van der Waals surface area contributed by atoms with E-state index in [9.17, 15) is 13.2 Å². The zero-order chi connectivity index (χ0) is 19.7. The van der Waals surface area contributed by atoms with Crippen LogP contribution in [0.5, 0.6) is 5.75 Å². The van der Waals surface area contributed by atoms with Gasteiger partial charge in [0.15, 0.2) is 0 Å². The molecule has 0 saturated carbocycles. The van der Waals surface area contributed by atoms with Crippen LogP contribution in [0.2, 0.25) is 0 Å². The first-order valence-electron chi connectivity index (χ1n) is 8.82. The molecule has 146 valence electrons. The van der Waals surface area contributed by atoms with Crippen LogP contribution in [-0.4, -0.2) is 45.1 Å². The van der Waals surface area contributed by atoms with E-state index in [4.69, 9.17) is 4.74 Å². The lowest BCUT2D eigenvalue weighted by Crippen LogP contribution is -2.34. The fraction of sp³-hybridized carbons (Fsp3) is 0.350. The van der Waals surface area contributed by atoms with E-state index in [1.807, 2.05) is 36.4 Å². The van der Waals surface area contributed by atoms with Gasteiger partial charge in [-0.2, -0.15) is 0 Å². The summed E-state index contributed by atoms with van der Waals surface area (Å²) < 4.78 is 30.6. The number of hydrogen-bond donors (Lipinski definition) is 1. The molecule has 0 saturated heterocycles. The van der Waals surface area contributed by atoms with Crippen molar-refractivity contribution < 1.29 is 17.9 Å². The van der Waals surface area contributed by atoms with Crippen molar-refractivity contribution in [2.24, 2.45) is 0 Å². The van der Waals surface area contributed by atoms with Gasteiger partial charge in [0.25, 0.3) is 0 Å². The Morgan fingerprint density at radius 3 is 2.37 bits per heavy atom. The monoisotopic (exact) mass is 390 g/mol. The number of anilines is 1. The molecule has 7 heteroatoms. The first kappa shape index (κ1) is 20.9. The molecule has 0 spiro atoms. The number of aryl methyl sites for hydroxylation is 1. The van der Waals surface area contributed by atoms with Crippen molar-refractivity contribution in [3.05, 3.63) is 60.2 Å². The van der Waals surface area contributed by atoms with Crippen LogP contribution in [0.15, 0.2) is 54.6 Å². The third-order valence-electron chi connectivity index (χ3n) is 4.15. The van der Waals surface area contributed by atoms with Crippen molar-refractivity contribution >= 4 is 21.6 Å². The highest BCUT2D eigenvalue weighted by Crippen LogP contribution is 2.23. The molecule has 0 aliphatic carbocycles. The van der Waals surface area contributed by atoms with Gasteiger partial charge in [0.2, 0.25) is 15.9 Å². The third-order valence-corrected chi connectivity index (χ3v) is 5.46. The van der Waals surface area contributed by atoms with Crippen LogP contribution >= 0.6 is 0 Å². The number of ether oxygens (including phenoxy) is 1. The van der Waals surface area contributed by atoms with Gasteiger partial charge < -0.3 is 10.1 Å². The zero-order valence-corrected chi connectivity index (χ0v) is 16.5. The van der Waals surface area contributed by atoms with E-state index in [0.29, 0.717) is 24.4 Å². The van der Waals surface area contributed by atoms with Gasteiger partial charge in [-0.15, -0.1) is 0 Å². The normalized spacial score (nSPS) is 11.4. The number of hydrogen-bond acceptors (Lipinski definition) is 4. The van der Waals surface area contributed by atoms with E-state index in [-0.39, 0.29) is 18.9 Å². The number of sulfonamides is 1. The van der Waals surface area contributed by atoms with Crippen LogP contribution in [0.4, 0.5) is 5.69 Å². The minimum absolute atomic E-state index is 0.0798. The van der Waals surface area contributed by atoms with Crippen LogP contribution in [0, 0.1) is 0 Å². The Morgan fingerprint density at radius 2 is 1.70 bits per heavy atom. The van der Waals surface area contributed by atoms with E-state index in [0.717, 1.165) is 6.42 Å². The number of methoxy groups -OCH3 is 1. The van der Waals surface area contributed by atoms with E-state index in [1.54, 1.807) is 18.2 Å². The molecule has 0 bridgehead atoms. The lowest BCUT2D eigenvalue weighted by Gasteiger charge is -2.20. The van der Waals surface area contributed by atoms with E-state index in [1.165, 1.54) is 23.2 Å². The average molecular weight is 391 g/mol. The van der Waals surface area contributed by atoms with Gasteiger partial charge in [-0.1, -0.05) is 42.5 Å². The molecule has 2 aromatic carbocycles. The summed E-state index contributed by atoms with van der Waals surface area (Å²) in [5.41, 5.74) is 1.74. The predicted molar refractivity (Wildman–Crippen MR) is 107 cm³/mol. The van der Waals surface area contributed by atoms with Gasteiger partial charge in [0.05, 0.1) is 19.1 Å². The molecule has 0 aliphatic heterocycles. The van der Waals surface area contributed by atoms with Gasteiger partial charge in [-0.25, -0.2) is 12.7 Å². The zero-order valence-electron chi connectivity index (χ0n) is 15.7. The van der Waals surface area contributed by atoms with Crippen molar-refractivity contribution in [2.75, 3.05) is 31.8 Å². The highest BCUT2D eigenvalue weighted by molar-refractivity contribution is 7.88. The van der Waals surface area contributed by atoms with Crippen LogP contribution < -0.4 is 10.1 Å². The molecule has 0 heterocycles. The highest BCUT2D eigenvalue weighted by Gasteiger charge is 2.18. The van der Waals surface area contributed by atoms with E-state index >= 15 is 0 Å². The Hall–Kier alpha value is -2.38. The highest BCUT2D eigenvalue weighted by atomic mass is 32.2. The quantitative estimate of drug-likeness (QED) is 0.677. The lowest BCUT2D eigenvalue weighted by atomic mass is 10.1.